The van der Waals surface area contributed by atoms with Gasteiger partial charge in [0.1, 0.15) is 0 Å². The molecule has 0 atom stereocenters. The van der Waals surface area contributed by atoms with Crippen LogP contribution in [0.25, 0.3) is 0 Å². The van der Waals surface area contributed by atoms with Gasteiger partial charge in [-0.05, 0) is 31.0 Å². The molecule has 1 heterocycles. The van der Waals surface area contributed by atoms with Crippen molar-refractivity contribution in [3.63, 3.8) is 0 Å². The summed E-state index contributed by atoms with van der Waals surface area (Å²) in [5.74, 6) is -1.10. The van der Waals surface area contributed by atoms with Crippen molar-refractivity contribution in [3.05, 3.63) is 60.3 Å². The smallest absolute Gasteiger partial charge is 0.267 e. The van der Waals surface area contributed by atoms with Crippen molar-refractivity contribution in [1.29, 1.82) is 0 Å². The fourth-order valence-electron chi connectivity index (χ4n) is 2.03. The van der Waals surface area contributed by atoms with Crippen molar-refractivity contribution in [2.24, 2.45) is 0 Å². The number of nitro groups is 1. The third kappa shape index (κ3) is 3.90. The van der Waals surface area contributed by atoms with Crippen LogP contribution in [0.5, 0.6) is 0 Å². The first-order valence-corrected chi connectivity index (χ1v) is 8.16. The highest BCUT2D eigenvalue weighted by Crippen LogP contribution is 2.23. The number of nitrogens with zero attached hydrogens (tertiary/aromatic N) is 1. The molecule has 2 amide bonds. The standard InChI is InChI=1S/C15H14ClN3O4S/c1-3-12-8(2)6-13(24-12)15(21)18-17-14(20)10-5-4-9(19(22)23)7-11(10)16/h4-7H,3H2,1-2H3,(H,17,20)(H,18,21). The lowest BCUT2D eigenvalue weighted by Gasteiger charge is -2.07. The normalized spacial score (nSPS) is 10.3. The SMILES string of the molecule is CCc1sc(C(=O)NNC(=O)c2ccc([N+](=O)[O-])cc2Cl)cc1C. The summed E-state index contributed by atoms with van der Waals surface area (Å²) in [6.45, 7) is 3.92. The molecule has 0 spiro atoms. The molecule has 0 bridgehead atoms. The van der Waals surface area contributed by atoms with Crippen LogP contribution in [-0.4, -0.2) is 16.7 Å². The molecule has 1 aromatic carbocycles. The number of nitrogens with one attached hydrogen (secondary N) is 2. The van der Waals surface area contributed by atoms with Crippen LogP contribution in [-0.2, 0) is 6.42 Å². The van der Waals surface area contributed by atoms with E-state index in [1.54, 1.807) is 6.07 Å². The van der Waals surface area contributed by atoms with Gasteiger partial charge in [0.05, 0.1) is 20.4 Å². The van der Waals surface area contributed by atoms with Crippen LogP contribution in [0.2, 0.25) is 5.02 Å². The summed E-state index contributed by atoms with van der Waals surface area (Å²) in [5.41, 5.74) is 5.38. The molecule has 1 aromatic heterocycles. The number of hydrogen-bond donors (Lipinski definition) is 2. The van der Waals surface area contributed by atoms with Crippen LogP contribution in [0.4, 0.5) is 5.69 Å². The van der Waals surface area contributed by atoms with Crippen LogP contribution < -0.4 is 10.9 Å². The molecule has 0 saturated heterocycles. The van der Waals surface area contributed by atoms with Gasteiger partial charge in [0, 0.05) is 17.0 Å². The van der Waals surface area contributed by atoms with Crippen molar-refractivity contribution in [2.75, 3.05) is 0 Å². The molecule has 0 radical (unpaired) electrons. The van der Waals surface area contributed by atoms with Gasteiger partial charge in [-0.3, -0.25) is 30.6 Å². The number of nitro benzene ring substituents is 1. The fraction of sp³-hybridized carbons (Fsp3) is 0.200. The van der Waals surface area contributed by atoms with E-state index in [1.807, 2.05) is 13.8 Å². The Balaban J connectivity index is 2.04. The first-order valence-electron chi connectivity index (χ1n) is 6.97. The number of hydrazine groups is 1. The van der Waals surface area contributed by atoms with Crippen LogP contribution >= 0.6 is 22.9 Å². The molecule has 9 heteroatoms. The van der Waals surface area contributed by atoms with Crippen molar-refractivity contribution >= 4 is 40.4 Å². The van der Waals surface area contributed by atoms with Crippen molar-refractivity contribution < 1.29 is 14.5 Å². The Labute approximate surface area is 146 Å². The third-order valence-electron chi connectivity index (χ3n) is 3.26. The predicted octanol–water partition coefficient (Wildman–Crippen LogP) is 3.26. The second-order valence-electron chi connectivity index (χ2n) is 4.90. The minimum Gasteiger partial charge on any atom is -0.267 e. The van der Waals surface area contributed by atoms with Gasteiger partial charge >= 0.3 is 0 Å². The number of hydrogen-bond acceptors (Lipinski definition) is 5. The van der Waals surface area contributed by atoms with Crippen LogP contribution in [0.15, 0.2) is 24.3 Å². The van der Waals surface area contributed by atoms with Crippen molar-refractivity contribution in [2.45, 2.75) is 20.3 Å². The van der Waals surface area contributed by atoms with Crippen LogP contribution in [0.1, 0.15) is 37.4 Å². The molecule has 2 aromatic rings. The first kappa shape index (κ1) is 17.9. The number of benzene rings is 1. The van der Waals surface area contributed by atoms with E-state index >= 15 is 0 Å². The van der Waals surface area contributed by atoms with E-state index in [9.17, 15) is 19.7 Å². The van der Waals surface area contributed by atoms with Crippen LogP contribution in [0, 0.1) is 17.0 Å². The quantitative estimate of drug-likeness (QED) is 0.639. The second-order valence-corrected chi connectivity index (χ2v) is 6.44. The molecular weight excluding hydrogens is 354 g/mol. The lowest BCUT2D eigenvalue weighted by molar-refractivity contribution is -0.384. The third-order valence-corrected chi connectivity index (χ3v) is 4.96. The lowest BCUT2D eigenvalue weighted by Crippen LogP contribution is -2.41. The van der Waals surface area contributed by atoms with Gasteiger partial charge in [0.2, 0.25) is 0 Å². The first-order chi connectivity index (χ1) is 11.3. The zero-order chi connectivity index (χ0) is 17.9. The number of aryl methyl sites for hydroxylation is 2. The molecule has 0 aliphatic rings. The summed E-state index contributed by atoms with van der Waals surface area (Å²) in [4.78, 5) is 35.7. The highest BCUT2D eigenvalue weighted by molar-refractivity contribution is 7.14. The van der Waals surface area contributed by atoms with Gasteiger partial charge < -0.3 is 0 Å². The molecule has 24 heavy (non-hydrogen) atoms. The Hall–Kier alpha value is -2.45. The Morgan fingerprint density at radius 2 is 1.92 bits per heavy atom. The number of carbonyl (C=O) groups is 2. The number of rotatable bonds is 4. The predicted molar refractivity (Wildman–Crippen MR) is 91.5 cm³/mol. The largest absolute Gasteiger partial charge is 0.279 e. The van der Waals surface area contributed by atoms with Crippen molar-refractivity contribution in [3.8, 4) is 0 Å². The fourth-order valence-corrected chi connectivity index (χ4v) is 3.30. The molecule has 0 fully saturated rings. The Morgan fingerprint density at radius 3 is 2.46 bits per heavy atom. The average molecular weight is 368 g/mol. The minimum atomic E-state index is -0.660. The molecule has 0 aliphatic carbocycles. The second kappa shape index (κ2) is 7.41. The Bertz CT molecular complexity index is 819. The average Bonchev–Trinajstić information content (AvgIpc) is 2.93. The maximum Gasteiger partial charge on any atom is 0.279 e. The summed E-state index contributed by atoms with van der Waals surface area (Å²) in [5, 5.41) is 10.6. The summed E-state index contributed by atoms with van der Waals surface area (Å²) in [7, 11) is 0. The molecule has 2 rings (SSSR count). The number of halogens is 1. The van der Waals surface area contributed by atoms with E-state index in [0.29, 0.717) is 4.88 Å². The van der Waals surface area contributed by atoms with Crippen molar-refractivity contribution in [1.82, 2.24) is 10.9 Å². The Morgan fingerprint density at radius 1 is 1.25 bits per heavy atom. The highest BCUT2D eigenvalue weighted by atomic mass is 35.5. The molecule has 0 saturated carbocycles. The number of amides is 2. The molecule has 0 unspecified atom stereocenters. The number of thiophene rings is 1. The molecule has 126 valence electrons. The highest BCUT2D eigenvalue weighted by Gasteiger charge is 2.17. The zero-order valence-electron chi connectivity index (χ0n) is 12.9. The van der Waals surface area contributed by atoms with E-state index in [1.165, 1.54) is 23.5 Å². The summed E-state index contributed by atoms with van der Waals surface area (Å²) in [6.07, 6.45) is 0.828. The topological polar surface area (TPSA) is 101 Å². The van der Waals surface area contributed by atoms with Gasteiger partial charge in [0.25, 0.3) is 17.5 Å². The maximum absolute atomic E-state index is 12.1. The zero-order valence-corrected chi connectivity index (χ0v) is 14.5. The monoisotopic (exact) mass is 367 g/mol. The molecule has 0 aliphatic heterocycles. The van der Waals surface area contributed by atoms with E-state index in [4.69, 9.17) is 11.6 Å². The van der Waals surface area contributed by atoms with Gasteiger partial charge in [-0.2, -0.15) is 0 Å². The van der Waals surface area contributed by atoms with E-state index in [0.717, 1.165) is 22.9 Å². The lowest BCUT2D eigenvalue weighted by atomic mass is 10.2. The van der Waals surface area contributed by atoms with E-state index in [2.05, 4.69) is 10.9 Å². The molecule has 7 nitrogen and oxygen atoms in total. The van der Waals surface area contributed by atoms with E-state index in [-0.39, 0.29) is 16.3 Å². The van der Waals surface area contributed by atoms with Gasteiger partial charge in [-0.15, -0.1) is 11.3 Å². The Kier molecular flexibility index (Phi) is 5.53. The van der Waals surface area contributed by atoms with E-state index < -0.39 is 16.7 Å². The summed E-state index contributed by atoms with van der Waals surface area (Å²) < 4.78 is 0. The summed E-state index contributed by atoms with van der Waals surface area (Å²) >= 11 is 7.23. The number of non-ortho nitro benzene ring substituents is 1. The molecular formula is C15H14ClN3O4S. The number of carbonyl (C=O) groups excluding carboxylic acids is 2. The van der Waals surface area contributed by atoms with Gasteiger partial charge in [-0.25, -0.2) is 0 Å². The maximum atomic E-state index is 12.1. The molecule has 2 N–H and O–H groups in total. The van der Waals surface area contributed by atoms with Gasteiger partial charge in [0.15, 0.2) is 0 Å². The summed E-state index contributed by atoms with van der Waals surface area (Å²) in [6, 6.07) is 5.23. The van der Waals surface area contributed by atoms with Gasteiger partial charge in [-0.1, -0.05) is 18.5 Å². The minimum absolute atomic E-state index is 0.0270. The van der Waals surface area contributed by atoms with Crippen LogP contribution in [0.3, 0.4) is 0 Å².